The molecule has 0 saturated carbocycles. The van der Waals surface area contributed by atoms with E-state index in [-0.39, 0.29) is 11.1 Å². The molecule has 0 unspecified atom stereocenters. The molecular formula is C24H28F3NO4. The molecule has 2 aromatic rings. The van der Waals surface area contributed by atoms with E-state index in [1.807, 2.05) is 0 Å². The predicted octanol–water partition coefficient (Wildman–Crippen LogP) is 5.39. The number of aryl methyl sites for hydroxylation is 1. The zero-order chi connectivity index (χ0) is 24.2. The van der Waals surface area contributed by atoms with Crippen LogP contribution in [0.5, 0.6) is 0 Å². The average molecular weight is 451 g/mol. The van der Waals surface area contributed by atoms with Gasteiger partial charge in [0.1, 0.15) is 35.2 Å². The molecule has 32 heavy (non-hydrogen) atoms. The van der Waals surface area contributed by atoms with Gasteiger partial charge in [0, 0.05) is 6.07 Å². The van der Waals surface area contributed by atoms with Crippen LogP contribution in [0.1, 0.15) is 57.2 Å². The lowest BCUT2D eigenvalue weighted by Crippen LogP contribution is -2.43. The number of carbonyl (C=O) groups is 2. The number of benzene rings is 2. The van der Waals surface area contributed by atoms with Gasteiger partial charge in [-0.3, -0.25) is 0 Å². The molecule has 0 fully saturated rings. The van der Waals surface area contributed by atoms with E-state index in [0.717, 1.165) is 6.07 Å². The molecule has 174 valence electrons. The van der Waals surface area contributed by atoms with Crippen molar-refractivity contribution in [3.8, 4) is 0 Å². The summed E-state index contributed by atoms with van der Waals surface area (Å²) in [7, 11) is 0. The van der Waals surface area contributed by atoms with Gasteiger partial charge in [0.15, 0.2) is 0 Å². The van der Waals surface area contributed by atoms with Crippen molar-refractivity contribution in [1.29, 1.82) is 0 Å². The number of nitrogens with one attached hydrogen (secondary N) is 1. The maximum atomic E-state index is 14.8. The summed E-state index contributed by atoms with van der Waals surface area (Å²) in [6.45, 7) is 9.61. The van der Waals surface area contributed by atoms with Gasteiger partial charge in [-0.1, -0.05) is 18.2 Å². The zero-order valence-corrected chi connectivity index (χ0v) is 19.0. The molecule has 0 heterocycles. The molecule has 0 radical (unpaired) electrons. The lowest BCUT2D eigenvalue weighted by molar-refractivity contribution is -0.151. The molecule has 0 saturated heterocycles. The molecule has 5 nitrogen and oxygen atoms in total. The SMILES string of the molecule is Cc1ccc([C@@H](c2ccc(F)cc2F)[C@H](C)OC(=O)[C@H](C)NC(=O)OC(C)(C)C)c(F)c1. The highest BCUT2D eigenvalue weighted by molar-refractivity contribution is 5.81. The van der Waals surface area contributed by atoms with E-state index in [1.54, 1.807) is 33.8 Å². The Balaban J connectivity index is 2.29. The summed E-state index contributed by atoms with van der Waals surface area (Å²) in [6, 6.07) is 6.27. The molecule has 0 aromatic heterocycles. The third-order valence-corrected chi connectivity index (χ3v) is 4.65. The van der Waals surface area contributed by atoms with Gasteiger partial charge >= 0.3 is 12.1 Å². The van der Waals surface area contributed by atoms with Gasteiger partial charge in [0.2, 0.25) is 0 Å². The van der Waals surface area contributed by atoms with Crippen molar-refractivity contribution in [1.82, 2.24) is 5.32 Å². The van der Waals surface area contributed by atoms with Crippen LogP contribution in [0.3, 0.4) is 0 Å². The average Bonchev–Trinajstić information content (AvgIpc) is 2.63. The van der Waals surface area contributed by atoms with Gasteiger partial charge in [-0.2, -0.15) is 0 Å². The lowest BCUT2D eigenvalue weighted by Gasteiger charge is -2.27. The van der Waals surface area contributed by atoms with Gasteiger partial charge in [-0.05, 0) is 70.4 Å². The van der Waals surface area contributed by atoms with E-state index in [0.29, 0.717) is 11.6 Å². The molecule has 2 aromatic carbocycles. The Morgan fingerprint density at radius 1 is 0.938 bits per heavy atom. The van der Waals surface area contributed by atoms with Crippen LogP contribution < -0.4 is 5.32 Å². The first-order valence-corrected chi connectivity index (χ1v) is 10.2. The Labute approximate surface area is 185 Å². The number of hydrogen-bond acceptors (Lipinski definition) is 4. The van der Waals surface area contributed by atoms with Crippen molar-refractivity contribution in [2.45, 2.75) is 65.2 Å². The van der Waals surface area contributed by atoms with Crippen LogP contribution in [0.25, 0.3) is 0 Å². The first kappa shape index (κ1) is 25.2. The fourth-order valence-corrected chi connectivity index (χ4v) is 3.21. The summed E-state index contributed by atoms with van der Waals surface area (Å²) < 4.78 is 53.4. The minimum Gasteiger partial charge on any atom is -0.460 e. The molecule has 1 amide bonds. The summed E-state index contributed by atoms with van der Waals surface area (Å²) in [6.07, 6.45) is -1.84. The van der Waals surface area contributed by atoms with Crippen LogP contribution >= 0.6 is 0 Å². The third kappa shape index (κ3) is 6.73. The molecule has 1 N–H and O–H groups in total. The van der Waals surface area contributed by atoms with Gasteiger partial charge < -0.3 is 14.8 Å². The standard InChI is InChI=1S/C24H28F3NO4/c1-13-7-9-17(19(26)11-13)21(18-10-8-16(25)12-20(18)27)15(3)31-22(29)14(2)28-23(30)32-24(4,5)6/h7-12,14-15,21H,1-6H3,(H,28,30)/t14-,15-,21-/m0/s1. The zero-order valence-electron chi connectivity index (χ0n) is 19.0. The topological polar surface area (TPSA) is 64.6 Å². The second kappa shape index (κ2) is 10.1. The van der Waals surface area contributed by atoms with Crippen molar-refractivity contribution < 1.29 is 32.2 Å². The lowest BCUT2D eigenvalue weighted by atomic mass is 9.86. The molecular weight excluding hydrogens is 423 g/mol. The quantitative estimate of drug-likeness (QED) is 0.598. The predicted molar refractivity (Wildman–Crippen MR) is 114 cm³/mol. The highest BCUT2D eigenvalue weighted by atomic mass is 19.1. The van der Waals surface area contributed by atoms with Crippen molar-refractivity contribution in [3.05, 3.63) is 70.5 Å². The summed E-state index contributed by atoms with van der Waals surface area (Å²) in [5.74, 6) is -4.15. The van der Waals surface area contributed by atoms with Crippen molar-refractivity contribution in [3.63, 3.8) is 0 Å². The molecule has 0 aliphatic heterocycles. The monoisotopic (exact) mass is 451 g/mol. The van der Waals surface area contributed by atoms with E-state index < -0.39 is 53.2 Å². The number of amides is 1. The number of rotatable bonds is 6. The van der Waals surface area contributed by atoms with Crippen molar-refractivity contribution in [2.24, 2.45) is 0 Å². The number of ether oxygens (including phenoxy) is 2. The van der Waals surface area contributed by atoms with Gasteiger partial charge in [-0.25, -0.2) is 22.8 Å². The number of alkyl carbamates (subject to hydrolysis) is 1. The van der Waals surface area contributed by atoms with Crippen molar-refractivity contribution >= 4 is 12.1 Å². The highest BCUT2D eigenvalue weighted by Gasteiger charge is 2.31. The fourth-order valence-electron chi connectivity index (χ4n) is 3.21. The fraction of sp³-hybridized carbons (Fsp3) is 0.417. The van der Waals surface area contributed by atoms with Crippen LogP contribution in [0, 0.1) is 24.4 Å². The Morgan fingerprint density at radius 3 is 2.03 bits per heavy atom. The minimum atomic E-state index is -1.08. The maximum absolute atomic E-state index is 14.8. The molecule has 2 rings (SSSR count). The summed E-state index contributed by atoms with van der Waals surface area (Å²) in [4.78, 5) is 24.5. The Hall–Kier alpha value is -3.03. The van der Waals surface area contributed by atoms with Crippen LogP contribution in [0.4, 0.5) is 18.0 Å². The van der Waals surface area contributed by atoms with E-state index in [2.05, 4.69) is 5.32 Å². The smallest absolute Gasteiger partial charge is 0.408 e. The Kier molecular flexibility index (Phi) is 7.93. The second-order valence-electron chi connectivity index (χ2n) is 8.68. The number of halogens is 3. The van der Waals surface area contributed by atoms with Crippen LogP contribution in [0.2, 0.25) is 0 Å². The normalized spacial score (nSPS) is 14.3. The molecule has 0 aliphatic rings. The Bertz CT molecular complexity index is 936. The summed E-state index contributed by atoms with van der Waals surface area (Å²) >= 11 is 0. The summed E-state index contributed by atoms with van der Waals surface area (Å²) in [5, 5.41) is 2.36. The number of carbonyl (C=O) groups excluding carboxylic acids is 2. The first-order chi connectivity index (χ1) is 14.8. The third-order valence-electron chi connectivity index (χ3n) is 4.65. The van der Waals surface area contributed by atoms with Gasteiger partial charge in [-0.15, -0.1) is 0 Å². The van der Waals surface area contributed by atoms with E-state index in [1.165, 1.54) is 32.0 Å². The number of esters is 1. The largest absolute Gasteiger partial charge is 0.460 e. The van der Waals surface area contributed by atoms with Crippen LogP contribution in [-0.4, -0.2) is 29.8 Å². The molecule has 0 spiro atoms. The van der Waals surface area contributed by atoms with Gasteiger partial charge in [0.05, 0.1) is 5.92 Å². The van der Waals surface area contributed by atoms with E-state index >= 15 is 0 Å². The van der Waals surface area contributed by atoms with E-state index in [4.69, 9.17) is 9.47 Å². The van der Waals surface area contributed by atoms with Gasteiger partial charge in [0.25, 0.3) is 0 Å². The van der Waals surface area contributed by atoms with Crippen LogP contribution in [-0.2, 0) is 14.3 Å². The maximum Gasteiger partial charge on any atom is 0.408 e. The van der Waals surface area contributed by atoms with Crippen LogP contribution in [0.15, 0.2) is 36.4 Å². The Morgan fingerprint density at radius 2 is 1.50 bits per heavy atom. The second-order valence-corrected chi connectivity index (χ2v) is 8.68. The van der Waals surface area contributed by atoms with Crippen molar-refractivity contribution in [2.75, 3.05) is 0 Å². The van der Waals surface area contributed by atoms with E-state index in [9.17, 15) is 22.8 Å². The number of hydrogen-bond donors (Lipinski definition) is 1. The molecule has 0 aliphatic carbocycles. The molecule has 3 atom stereocenters. The highest BCUT2D eigenvalue weighted by Crippen LogP contribution is 2.34. The summed E-state index contributed by atoms with van der Waals surface area (Å²) in [5.41, 5.74) is -0.0318. The molecule has 0 bridgehead atoms. The minimum absolute atomic E-state index is 0.0257. The first-order valence-electron chi connectivity index (χ1n) is 10.2. The molecule has 8 heteroatoms.